The van der Waals surface area contributed by atoms with Crippen LogP contribution < -0.4 is 14.8 Å². The average Bonchev–Trinajstić information content (AvgIpc) is 3.30. The quantitative estimate of drug-likeness (QED) is 0.869. The van der Waals surface area contributed by atoms with Crippen LogP contribution >= 0.6 is 11.3 Å². The summed E-state index contributed by atoms with van der Waals surface area (Å²) in [6, 6.07) is 5.59. The Balaban J connectivity index is 1.74. The Morgan fingerprint density at radius 1 is 1.42 bits per heavy atom. The largest absolute Gasteiger partial charge is 0.493 e. The number of carbonyl (C=O) groups is 1. The van der Waals surface area contributed by atoms with E-state index in [-0.39, 0.29) is 12.0 Å². The molecule has 1 aromatic heterocycles. The zero-order chi connectivity index (χ0) is 16.9. The highest BCUT2D eigenvalue weighted by molar-refractivity contribution is 7.13. The third-order valence-electron chi connectivity index (χ3n) is 3.88. The number of carbonyl (C=O) groups excluding carboxylic acids is 1. The maximum Gasteiger partial charge on any atom is 0.270 e. The summed E-state index contributed by atoms with van der Waals surface area (Å²) in [6.07, 6.45) is 2.16. The standard InChI is InChI=1S/C17H20N2O4S/c1-21-14-7-3-6-12(15(14)22-2)17-19-13(10-24-17)16(20)18-9-11-5-4-8-23-11/h3,6-7,10-11H,4-5,8-9H2,1-2H3,(H,18,20)/t11-/m0/s1. The van der Waals surface area contributed by atoms with Crippen molar-refractivity contribution < 1.29 is 19.0 Å². The van der Waals surface area contributed by atoms with Crippen molar-refractivity contribution in [3.8, 4) is 22.1 Å². The molecule has 0 bridgehead atoms. The van der Waals surface area contributed by atoms with Crippen LogP contribution in [0.3, 0.4) is 0 Å². The Morgan fingerprint density at radius 3 is 3.00 bits per heavy atom. The van der Waals surface area contributed by atoms with Gasteiger partial charge in [-0.1, -0.05) is 6.07 Å². The topological polar surface area (TPSA) is 69.7 Å². The zero-order valence-electron chi connectivity index (χ0n) is 13.7. The van der Waals surface area contributed by atoms with Crippen molar-refractivity contribution in [1.29, 1.82) is 0 Å². The van der Waals surface area contributed by atoms with Gasteiger partial charge >= 0.3 is 0 Å². The second-order valence-corrected chi connectivity index (χ2v) is 6.28. The van der Waals surface area contributed by atoms with Gasteiger partial charge in [0.15, 0.2) is 11.5 Å². The van der Waals surface area contributed by atoms with Gasteiger partial charge in [-0.15, -0.1) is 11.3 Å². The maximum atomic E-state index is 12.2. The summed E-state index contributed by atoms with van der Waals surface area (Å²) in [5.41, 5.74) is 1.21. The van der Waals surface area contributed by atoms with Crippen LogP contribution in [0.25, 0.3) is 10.6 Å². The lowest BCUT2D eigenvalue weighted by molar-refractivity contribution is 0.0854. The highest BCUT2D eigenvalue weighted by atomic mass is 32.1. The molecule has 1 aliphatic rings. The van der Waals surface area contributed by atoms with Crippen LogP contribution in [0.4, 0.5) is 0 Å². The number of methoxy groups -OCH3 is 2. The Bertz CT molecular complexity index is 710. The van der Waals surface area contributed by atoms with Crippen molar-refractivity contribution >= 4 is 17.2 Å². The van der Waals surface area contributed by atoms with E-state index in [0.717, 1.165) is 25.0 Å². The lowest BCUT2D eigenvalue weighted by Gasteiger charge is -2.10. The molecule has 24 heavy (non-hydrogen) atoms. The molecule has 1 aromatic carbocycles. The summed E-state index contributed by atoms with van der Waals surface area (Å²) in [7, 11) is 3.18. The maximum absolute atomic E-state index is 12.2. The minimum absolute atomic E-state index is 0.116. The van der Waals surface area contributed by atoms with E-state index in [1.54, 1.807) is 19.6 Å². The van der Waals surface area contributed by atoms with Crippen LogP contribution in [0.2, 0.25) is 0 Å². The zero-order valence-corrected chi connectivity index (χ0v) is 14.5. The summed E-state index contributed by atoms with van der Waals surface area (Å²) in [4.78, 5) is 16.7. The number of hydrogen-bond acceptors (Lipinski definition) is 6. The third-order valence-corrected chi connectivity index (χ3v) is 4.76. The smallest absolute Gasteiger partial charge is 0.270 e. The lowest BCUT2D eigenvalue weighted by atomic mass is 10.2. The SMILES string of the molecule is COc1cccc(-c2nc(C(=O)NC[C@@H]3CCCO3)cs2)c1OC. The molecule has 128 valence electrons. The Kier molecular flexibility index (Phi) is 5.32. The molecule has 0 unspecified atom stereocenters. The number of amides is 1. The van der Waals surface area contributed by atoms with Crippen molar-refractivity contribution in [3.63, 3.8) is 0 Å². The van der Waals surface area contributed by atoms with Crippen LogP contribution in [-0.2, 0) is 4.74 Å². The molecule has 0 radical (unpaired) electrons. The Morgan fingerprint density at radius 2 is 2.29 bits per heavy atom. The Hall–Kier alpha value is -2.12. The first-order chi connectivity index (χ1) is 11.7. The van der Waals surface area contributed by atoms with Crippen molar-refractivity contribution in [2.75, 3.05) is 27.4 Å². The van der Waals surface area contributed by atoms with E-state index >= 15 is 0 Å². The minimum Gasteiger partial charge on any atom is -0.493 e. The predicted octanol–water partition coefficient (Wildman–Crippen LogP) is 2.74. The molecular formula is C17H20N2O4S. The lowest BCUT2D eigenvalue weighted by Crippen LogP contribution is -2.31. The molecule has 1 atom stereocenters. The molecule has 1 fully saturated rings. The molecule has 2 heterocycles. The van der Waals surface area contributed by atoms with Gasteiger partial charge in [-0.25, -0.2) is 4.98 Å². The number of nitrogens with one attached hydrogen (secondary N) is 1. The summed E-state index contributed by atoms with van der Waals surface area (Å²) in [5, 5.41) is 5.35. The van der Waals surface area contributed by atoms with Gasteiger partial charge in [0.25, 0.3) is 5.91 Å². The van der Waals surface area contributed by atoms with Gasteiger partial charge in [-0.05, 0) is 25.0 Å². The van der Waals surface area contributed by atoms with E-state index in [4.69, 9.17) is 14.2 Å². The number of thiazole rings is 1. The van der Waals surface area contributed by atoms with Gasteiger partial charge in [0, 0.05) is 18.5 Å². The molecule has 7 heteroatoms. The summed E-state index contributed by atoms with van der Waals surface area (Å²) < 4.78 is 16.2. The van der Waals surface area contributed by atoms with Crippen molar-refractivity contribution in [2.45, 2.75) is 18.9 Å². The first-order valence-electron chi connectivity index (χ1n) is 7.79. The van der Waals surface area contributed by atoms with E-state index in [1.807, 2.05) is 18.2 Å². The summed E-state index contributed by atoms with van der Waals surface area (Å²) in [6.45, 7) is 1.30. The van der Waals surface area contributed by atoms with E-state index < -0.39 is 0 Å². The predicted molar refractivity (Wildman–Crippen MR) is 92.0 cm³/mol. The van der Waals surface area contributed by atoms with Gasteiger partial charge < -0.3 is 19.5 Å². The molecule has 0 aliphatic carbocycles. The second-order valence-electron chi connectivity index (χ2n) is 5.42. The molecule has 0 spiro atoms. The normalized spacial score (nSPS) is 16.8. The van der Waals surface area contributed by atoms with E-state index in [2.05, 4.69) is 10.3 Å². The third kappa shape index (κ3) is 3.52. The van der Waals surface area contributed by atoms with Gasteiger partial charge in [-0.2, -0.15) is 0 Å². The minimum atomic E-state index is -0.185. The molecule has 6 nitrogen and oxygen atoms in total. The number of hydrogen-bond donors (Lipinski definition) is 1. The second kappa shape index (κ2) is 7.63. The van der Waals surface area contributed by atoms with Gasteiger partial charge in [0.1, 0.15) is 10.7 Å². The van der Waals surface area contributed by atoms with Gasteiger partial charge in [0.2, 0.25) is 0 Å². The van der Waals surface area contributed by atoms with Crippen molar-refractivity contribution in [1.82, 2.24) is 10.3 Å². The average molecular weight is 348 g/mol. The monoisotopic (exact) mass is 348 g/mol. The van der Waals surface area contributed by atoms with E-state index in [0.29, 0.717) is 28.7 Å². The van der Waals surface area contributed by atoms with Crippen molar-refractivity contribution in [3.05, 3.63) is 29.3 Å². The molecule has 1 aliphatic heterocycles. The van der Waals surface area contributed by atoms with Gasteiger partial charge in [0.05, 0.1) is 25.9 Å². The van der Waals surface area contributed by atoms with Crippen LogP contribution in [-0.4, -0.2) is 44.4 Å². The van der Waals surface area contributed by atoms with Crippen LogP contribution in [0, 0.1) is 0 Å². The van der Waals surface area contributed by atoms with Crippen LogP contribution in [0.15, 0.2) is 23.6 Å². The van der Waals surface area contributed by atoms with Crippen LogP contribution in [0.1, 0.15) is 23.3 Å². The number of para-hydroxylation sites is 1. The molecule has 1 N–H and O–H groups in total. The number of nitrogens with zero attached hydrogens (tertiary/aromatic N) is 1. The fourth-order valence-corrected chi connectivity index (χ4v) is 3.48. The molecule has 0 saturated carbocycles. The first-order valence-corrected chi connectivity index (χ1v) is 8.67. The fraction of sp³-hybridized carbons (Fsp3) is 0.412. The van der Waals surface area contributed by atoms with E-state index in [9.17, 15) is 4.79 Å². The number of benzene rings is 1. The summed E-state index contributed by atoms with van der Waals surface area (Å²) in [5.74, 6) is 1.06. The molecular weight excluding hydrogens is 328 g/mol. The van der Waals surface area contributed by atoms with Gasteiger partial charge in [-0.3, -0.25) is 4.79 Å². The number of aromatic nitrogens is 1. The highest BCUT2D eigenvalue weighted by Gasteiger charge is 2.19. The fourth-order valence-electron chi connectivity index (χ4n) is 2.66. The Labute approximate surface area is 144 Å². The van der Waals surface area contributed by atoms with E-state index in [1.165, 1.54) is 11.3 Å². The first kappa shape index (κ1) is 16.7. The summed E-state index contributed by atoms with van der Waals surface area (Å²) >= 11 is 1.40. The molecule has 1 saturated heterocycles. The number of ether oxygens (including phenoxy) is 3. The molecule has 3 rings (SSSR count). The number of rotatable bonds is 6. The van der Waals surface area contributed by atoms with Crippen LogP contribution in [0.5, 0.6) is 11.5 Å². The molecule has 2 aromatic rings. The van der Waals surface area contributed by atoms with Crippen molar-refractivity contribution in [2.24, 2.45) is 0 Å². The highest BCUT2D eigenvalue weighted by Crippen LogP contribution is 2.38. The molecule has 1 amide bonds.